The number of carbonyl (C=O) groups is 2. The van der Waals surface area contributed by atoms with Crippen LogP contribution in [0.25, 0.3) is 11.4 Å². The lowest BCUT2D eigenvalue weighted by Gasteiger charge is -2.13. The van der Waals surface area contributed by atoms with Crippen molar-refractivity contribution in [2.24, 2.45) is 0 Å². The van der Waals surface area contributed by atoms with E-state index in [0.29, 0.717) is 15.7 Å². The van der Waals surface area contributed by atoms with Gasteiger partial charge in [0.2, 0.25) is 5.91 Å². The molecule has 0 unspecified atom stereocenters. The van der Waals surface area contributed by atoms with Gasteiger partial charge in [-0.25, -0.2) is 4.79 Å². The Balaban J connectivity index is 1.49. The summed E-state index contributed by atoms with van der Waals surface area (Å²) in [5.74, 6) is 0.460. The molecule has 3 aromatic rings. The summed E-state index contributed by atoms with van der Waals surface area (Å²) < 4.78 is 7.13. The fourth-order valence-corrected chi connectivity index (χ4v) is 7.48. The van der Waals surface area contributed by atoms with Gasteiger partial charge in [0, 0.05) is 26.7 Å². The number of rotatable bonds is 9. The summed E-state index contributed by atoms with van der Waals surface area (Å²) in [7, 11) is 1.39. The second kappa shape index (κ2) is 11.7. The molecule has 0 atom stereocenters. The number of thiophene rings is 2. The van der Waals surface area contributed by atoms with Crippen molar-refractivity contribution < 1.29 is 14.3 Å². The number of aromatic nitrogens is 3. The Kier molecular flexibility index (Phi) is 8.67. The standard InChI is InChI=1S/C25H32N4O3S3/c1-5-9-17-12-16(13-33-17)22-27-28-25(29(22)15(2)3)34-14-20(30)26-23-21(24(31)32-4)18-10-7-6-8-11-19(18)35-23/h12-13,15H,5-11,14H2,1-4H3,(H,26,30). The molecular weight excluding hydrogens is 501 g/mol. The van der Waals surface area contributed by atoms with Gasteiger partial charge < -0.3 is 10.1 Å². The summed E-state index contributed by atoms with van der Waals surface area (Å²) in [6.07, 6.45) is 7.27. The Labute approximate surface area is 218 Å². The van der Waals surface area contributed by atoms with Crippen LogP contribution in [0.1, 0.15) is 78.2 Å². The summed E-state index contributed by atoms with van der Waals surface area (Å²) in [5.41, 5.74) is 2.64. The maximum Gasteiger partial charge on any atom is 0.341 e. The quantitative estimate of drug-likeness (QED) is 0.195. The highest BCUT2D eigenvalue weighted by Crippen LogP contribution is 2.38. The van der Waals surface area contributed by atoms with Crippen LogP contribution < -0.4 is 5.32 Å². The molecule has 0 aromatic carbocycles. The Morgan fingerprint density at radius 2 is 2.03 bits per heavy atom. The summed E-state index contributed by atoms with van der Waals surface area (Å²) in [6, 6.07) is 2.34. The summed E-state index contributed by atoms with van der Waals surface area (Å²) >= 11 is 4.62. The molecule has 0 aliphatic heterocycles. The first-order chi connectivity index (χ1) is 16.9. The highest BCUT2D eigenvalue weighted by atomic mass is 32.2. The second-order valence-corrected chi connectivity index (χ2v) is 12.0. The Bertz CT molecular complexity index is 1190. The normalized spacial score (nSPS) is 13.5. The molecule has 0 fully saturated rings. The number of amides is 1. The lowest BCUT2D eigenvalue weighted by atomic mass is 10.1. The van der Waals surface area contributed by atoms with Crippen LogP contribution in [0, 0.1) is 0 Å². The first-order valence-electron chi connectivity index (χ1n) is 12.1. The van der Waals surface area contributed by atoms with E-state index >= 15 is 0 Å². The zero-order valence-corrected chi connectivity index (χ0v) is 23.1. The number of hydrogen-bond donors (Lipinski definition) is 1. The number of carbonyl (C=O) groups excluding carboxylic acids is 2. The molecule has 0 radical (unpaired) electrons. The molecule has 35 heavy (non-hydrogen) atoms. The topological polar surface area (TPSA) is 86.1 Å². The van der Waals surface area contributed by atoms with Crippen LogP contribution in [0.15, 0.2) is 16.6 Å². The van der Waals surface area contributed by atoms with Crippen LogP contribution in [0.4, 0.5) is 5.00 Å². The van der Waals surface area contributed by atoms with Crippen molar-refractivity contribution in [3.05, 3.63) is 32.3 Å². The highest BCUT2D eigenvalue weighted by Gasteiger charge is 2.26. The van der Waals surface area contributed by atoms with E-state index in [1.807, 2.05) is 0 Å². The van der Waals surface area contributed by atoms with Gasteiger partial charge in [-0.2, -0.15) is 0 Å². The number of nitrogens with one attached hydrogen (secondary N) is 1. The monoisotopic (exact) mass is 532 g/mol. The van der Waals surface area contributed by atoms with E-state index in [4.69, 9.17) is 4.74 Å². The number of aryl methyl sites for hydroxylation is 2. The second-order valence-electron chi connectivity index (χ2n) is 8.92. The predicted octanol–water partition coefficient (Wildman–Crippen LogP) is 6.39. The van der Waals surface area contributed by atoms with E-state index < -0.39 is 0 Å². The largest absolute Gasteiger partial charge is 0.465 e. The molecule has 0 bridgehead atoms. The van der Waals surface area contributed by atoms with Crippen molar-refractivity contribution in [3.8, 4) is 11.4 Å². The predicted molar refractivity (Wildman–Crippen MR) is 144 cm³/mol. The average molecular weight is 533 g/mol. The van der Waals surface area contributed by atoms with Crippen LogP contribution in [-0.2, 0) is 28.8 Å². The molecule has 1 aliphatic carbocycles. The van der Waals surface area contributed by atoms with Crippen LogP contribution in [0.2, 0.25) is 0 Å². The molecule has 0 saturated carbocycles. The lowest BCUT2D eigenvalue weighted by Crippen LogP contribution is -2.17. The Hall–Kier alpha value is -2.17. The van der Waals surface area contributed by atoms with Crippen LogP contribution in [0.3, 0.4) is 0 Å². The SMILES string of the molecule is CCCc1cc(-c2nnc(SCC(=O)Nc3sc4c(c3C(=O)OC)CCCCC4)n2C(C)C)cs1. The van der Waals surface area contributed by atoms with Gasteiger partial charge in [0.15, 0.2) is 11.0 Å². The molecule has 10 heteroatoms. The fourth-order valence-electron chi connectivity index (χ4n) is 4.35. The van der Waals surface area contributed by atoms with E-state index in [1.165, 1.54) is 40.0 Å². The van der Waals surface area contributed by atoms with Crippen molar-refractivity contribution in [1.82, 2.24) is 14.8 Å². The third-order valence-electron chi connectivity index (χ3n) is 5.99. The van der Waals surface area contributed by atoms with Gasteiger partial charge in [0.1, 0.15) is 5.00 Å². The van der Waals surface area contributed by atoms with E-state index in [-0.39, 0.29) is 23.7 Å². The summed E-state index contributed by atoms with van der Waals surface area (Å²) in [6.45, 7) is 6.37. The van der Waals surface area contributed by atoms with E-state index in [9.17, 15) is 9.59 Å². The molecule has 188 valence electrons. The third-order valence-corrected chi connectivity index (χ3v) is 9.13. The van der Waals surface area contributed by atoms with E-state index in [1.54, 1.807) is 11.3 Å². The lowest BCUT2D eigenvalue weighted by molar-refractivity contribution is -0.113. The minimum absolute atomic E-state index is 0.152. The van der Waals surface area contributed by atoms with E-state index in [2.05, 4.69) is 52.3 Å². The summed E-state index contributed by atoms with van der Waals surface area (Å²) in [5, 5.41) is 15.3. The maximum absolute atomic E-state index is 12.9. The van der Waals surface area contributed by atoms with Gasteiger partial charge in [-0.3, -0.25) is 9.36 Å². The molecule has 1 N–H and O–H groups in total. The van der Waals surface area contributed by atoms with Crippen molar-refractivity contribution >= 4 is 51.3 Å². The first-order valence-corrected chi connectivity index (χ1v) is 14.8. The zero-order chi connectivity index (χ0) is 24.9. The fraction of sp³-hybridized carbons (Fsp3) is 0.520. The molecule has 7 nitrogen and oxygen atoms in total. The number of fused-ring (bicyclic) bond motifs is 1. The van der Waals surface area contributed by atoms with Gasteiger partial charge in [-0.15, -0.1) is 32.9 Å². The van der Waals surface area contributed by atoms with Crippen LogP contribution in [0.5, 0.6) is 0 Å². The van der Waals surface area contributed by atoms with Gasteiger partial charge in [0.25, 0.3) is 0 Å². The van der Waals surface area contributed by atoms with Gasteiger partial charge in [-0.05, 0) is 57.6 Å². The zero-order valence-electron chi connectivity index (χ0n) is 20.7. The molecule has 3 aromatic heterocycles. The summed E-state index contributed by atoms with van der Waals surface area (Å²) in [4.78, 5) is 28.0. The van der Waals surface area contributed by atoms with Gasteiger partial charge >= 0.3 is 5.97 Å². The number of esters is 1. The van der Waals surface area contributed by atoms with Crippen LogP contribution in [-0.4, -0.2) is 39.5 Å². The van der Waals surface area contributed by atoms with Crippen molar-refractivity contribution in [3.63, 3.8) is 0 Å². The molecule has 1 aliphatic rings. The van der Waals surface area contributed by atoms with Crippen LogP contribution >= 0.6 is 34.4 Å². The molecular formula is C25H32N4O3S3. The minimum Gasteiger partial charge on any atom is -0.465 e. The highest BCUT2D eigenvalue weighted by molar-refractivity contribution is 7.99. The number of thioether (sulfide) groups is 1. The number of anilines is 1. The molecule has 0 spiro atoms. The number of ether oxygens (including phenoxy) is 1. The Morgan fingerprint density at radius 1 is 1.23 bits per heavy atom. The molecule has 1 amide bonds. The van der Waals surface area contributed by atoms with Crippen molar-refractivity contribution in [2.45, 2.75) is 76.9 Å². The van der Waals surface area contributed by atoms with Gasteiger partial charge in [0.05, 0.1) is 18.4 Å². The average Bonchev–Trinajstić information content (AvgIpc) is 3.51. The first kappa shape index (κ1) is 25.9. The third kappa shape index (κ3) is 5.81. The number of methoxy groups -OCH3 is 1. The van der Waals surface area contributed by atoms with Crippen molar-refractivity contribution in [2.75, 3.05) is 18.2 Å². The van der Waals surface area contributed by atoms with Crippen molar-refractivity contribution in [1.29, 1.82) is 0 Å². The number of hydrogen-bond acceptors (Lipinski definition) is 8. The minimum atomic E-state index is -0.380. The molecule has 0 saturated heterocycles. The van der Waals surface area contributed by atoms with E-state index in [0.717, 1.165) is 61.9 Å². The molecule has 4 rings (SSSR count). The van der Waals surface area contributed by atoms with Gasteiger partial charge in [-0.1, -0.05) is 31.5 Å². The Morgan fingerprint density at radius 3 is 2.77 bits per heavy atom. The smallest absolute Gasteiger partial charge is 0.341 e. The molecule has 3 heterocycles. The number of nitrogens with zero attached hydrogens (tertiary/aromatic N) is 3. The maximum atomic E-state index is 12.9.